The monoisotopic (exact) mass is 805 g/mol. The Morgan fingerprint density at radius 2 is 0.841 bits per heavy atom. The first kappa shape index (κ1) is 35.1. The minimum atomic E-state index is 0.686. The third-order valence-corrected chi connectivity index (χ3v) is 12.3. The smallest absolute Gasteiger partial charge is 0.162 e. The highest BCUT2D eigenvalue weighted by molar-refractivity contribution is 6.12. The van der Waals surface area contributed by atoms with Crippen LogP contribution in [0.3, 0.4) is 0 Å². The molecule has 0 radical (unpaired) electrons. The molecule has 0 aliphatic heterocycles. The largest absolute Gasteiger partial charge is 0.309 e. The number of aromatic nitrogens is 7. The van der Waals surface area contributed by atoms with Crippen molar-refractivity contribution in [2.24, 2.45) is 0 Å². The van der Waals surface area contributed by atoms with Gasteiger partial charge >= 0.3 is 0 Å². The summed E-state index contributed by atoms with van der Waals surface area (Å²) < 4.78 is 6.95. The maximum Gasteiger partial charge on any atom is 0.162 e. The number of pyridine rings is 2. The van der Waals surface area contributed by atoms with Gasteiger partial charge in [-0.05, 0) is 83.9 Å². The van der Waals surface area contributed by atoms with Crippen LogP contribution in [0.1, 0.15) is 0 Å². The summed E-state index contributed by atoms with van der Waals surface area (Å²) in [6.07, 6.45) is 3.67. The molecule has 0 bridgehead atoms. The second-order valence-electron chi connectivity index (χ2n) is 15.9. The Morgan fingerprint density at radius 3 is 1.56 bits per heavy atom. The van der Waals surface area contributed by atoms with E-state index in [1.807, 2.05) is 48.8 Å². The topological polar surface area (TPSA) is 66.3 Å². The van der Waals surface area contributed by atoms with E-state index in [4.69, 9.17) is 19.9 Å². The van der Waals surface area contributed by atoms with E-state index in [1.54, 1.807) is 0 Å². The van der Waals surface area contributed by atoms with Crippen molar-refractivity contribution in [3.8, 4) is 51.0 Å². The summed E-state index contributed by atoms with van der Waals surface area (Å²) in [5.41, 5.74) is 15.6. The van der Waals surface area contributed by atoms with Gasteiger partial charge in [-0.25, -0.2) is 9.97 Å². The number of para-hydroxylation sites is 2. The van der Waals surface area contributed by atoms with Gasteiger partial charge in [-0.1, -0.05) is 121 Å². The SMILES string of the molecule is c1ccc(-c2cc(-n3c4ccccc4c4ccc(-c5ccc6c(c5)c5ccccc5n6-c5cccc(-n6c7cccnc7c7ncccc76)c5)cc43)nc(-c3ccccc3)n2)cc1. The Balaban J connectivity index is 0.983. The second-order valence-corrected chi connectivity index (χ2v) is 15.9. The first-order chi connectivity index (χ1) is 31.2. The summed E-state index contributed by atoms with van der Waals surface area (Å²) in [7, 11) is 0. The summed E-state index contributed by atoms with van der Waals surface area (Å²) in [6, 6.07) is 70.7. The molecule has 0 N–H and O–H groups in total. The molecule has 13 aromatic rings. The standard InChI is InChI=1S/C56H35N7/c1-3-14-36(15-4-1)46-35-53(60-56(59-46)37-16-5-2-6-17-37)63-48-23-10-7-20-42(48)44-28-26-39(33-52(44)63)38-27-29-49-45(32-38)43-21-8-9-22-47(43)61(49)40-18-11-19-41(34-40)62-50-24-12-30-57-54(50)55-51(62)25-13-31-58-55/h1-35H. The predicted molar refractivity (Wildman–Crippen MR) is 257 cm³/mol. The Bertz CT molecular complexity index is 3810. The van der Waals surface area contributed by atoms with E-state index in [9.17, 15) is 0 Å². The maximum atomic E-state index is 5.27. The number of fused-ring (bicyclic) bond motifs is 9. The number of benzene rings is 7. The Labute approximate surface area is 361 Å². The second kappa shape index (κ2) is 13.9. The molecule has 0 amide bonds. The molecule has 0 spiro atoms. The highest BCUT2D eigenvalue weighted by Gasteiger charge is 2.20. The van der Waals surface area contributed by atoms with Crippen molar-refractivity contribution in [3.63, 3.8) is 0 Å². The van der Waals surface area contributed by atoms with Crippen molar-refractivity contribution in [1.29, 1.82) is 0 Å². The van der Waals surface area contributed by atoms with Gasteiger partial charge in [0.05, 0.1) is 38.8 Å². The lowest BCUT2D eigenvalue weighted by Crippen LogP contribution is -2.02. The van der Waals surface area contributed by atoms with Crippen LogP contribution in [0.2, 0.25) is 0 Å². The Kier molecular flexibility index (Phi) is 7.77. The van der Waals surface area contributed by atoms with Crippen molar-refractivity contribution in [1.82, 2.24) is 33.6 Å². The van der Waals surface area contributed by atoms with Crippen LogP contribution in [-0.2, 0) is 0 Å². The molecule has 0 saturated heterocycles. The highest BCUT2D eigenvalue weighted by atomic mass is 15.1. The van der Waals surface area contributed by atoms with Crippen LogP contribution < -0.4 is 0 Å². The average Bonchev–Trinajstić information content (AvgIpc) is 4.00. The van der Waals surface area contributed by atoms with Gasteiger partial charge in [0, 0.05) is 62.5 Å². The molecule has 294 valence electrons. The van der Waals surface area contributed by atoms with Crippen LogP contribution in [0.5, 0.6) is 0 Å². The van der Waals surface area contributed by atoms with Gasteiger partial charge < -0.3 is 9.13 Å². The van der Waals surface area contributed by atoms with Gasteiger partial charge in [-0.3, -0.25) is 14.5 Å². The van der Waals surface area contributed by atoms with Gasteiger partial charge in [0.25, 0.3) is 0 Å². The van der Waals surface area contributed by atoms with Crippen molar-refractivity contribution in [2.75, 3.05) is 0 Å². The minimum Gasteiger partial charge on any atom is -0.309 e. The molecular formula is C56H35N7. The molecule has 0 fully saturated rings. The van der Waals surface area contributed by atoms with Gasteiger partial charge in [-0.15, -0.1) is 0 Å². The minimum absolute atomic E-state index is 0.686. The lowest BCUT2D eigenvalue weighted by Gasteiger charge is -2.13. The molecule has 6 aromatic heterocycles. The van der Waals surface area contributed by atoms with E-state index >= 15 is 0 Å². The van der Waals surface area contributed by atoms with Crippen molar-refractivity contribution < 1.29 is 0 Å². The zero-order valence-corrected chi connectivity index (χ0v) is 33.8. The third-order valence-electron chi connectivity index (χ3n) is 12.3. The molecule has 0 unspecified atom stereocenters. The van der Waals surface area contributed by atoms with Crippen molar-refractivity contribution in [2.45, 2.75) is 0 Å². The van der Waals surface area contributed by atoms with Crippen LogP contribution in [0.4, 0.5) is 0 Å². The Morgan fingerprint density at radius 1 is 0.302 bits per heavy atom. The lowest BCUT2D eigenvalue weighted by molar-refractivity contribution is 1.05. The summed E-state index contributed by atoms with van der Waals surface area (Å²) >= 11 is 0. The summed E-state index contributed by atoms with van der Waals surface area (Å²) in [4.78, 5) is 19.8. The summed E-state index contributed by atoms with van der Waals surface area (Å²) in [5, 5.41) is 4.73. The van der Waals surface area contributed by atoms with Crippen LogP contribution in [-0.4, -0.2) is 33.6 Å². The zero-order valence-electron chi connectivity index (χ0n) is 33.8. The molecule has 0 atom stereocenters. The van der Waals surface area contributed by atoms with Gasteiger partial charge in [0.2, 0.25) is 0 Å². The van der Waals surface area contributed by atoms with E-state index in [2.05, 4.69) is 177 Å². The summed E-state index contributed by atoms with van der Waals surface area (Å²) in [6.45, 7) is 0. The molecular weight excluding hydrogens is 771 g/mol. The number of hydrogen-bond acceptors (Lipinski definition) is 4. The van der Waals surface area contributed by atoms with Crippen LogP contribution in [0, 0.1) is 0 Å². The summed E-state index contributed by atoms with van der Waals surface area (Å²) in [5.74, 6) is 1.51. The van der Waals surface area contributed by atoms with E-state index in [-0.39, 0.29) is 0 Å². The molecule has 0 aliphatic carbocycles. The normalized spacial score (nSPS) is 11.8. The molecule has 13 rings (SSSR count). The fourth-order valence-electron chi connectivity index (χ4n) is 9.55. The number of hydrogen-bond donors (Lipinski definition) is 0. The molecule has 63 heavy (non-hydrogen) atoms. The third kappa shape index (κ3) is 5.53. The van der Waals surface area contributed by atoms with Gasteiger partial charge in [-0.2, -0.15) is 0 Å². The van der Waals surface area contributed by atoms with Crippen LogP contribution in [0.15, 0.2) is 213 Å². The molecule has 6 heterocycles. The quantitative estimate of drug-likeness (QED) is 0.168. The first-order valence-electron chi connectivity index (χ1n) is 21.1. The highest BCUT2D eigenvalue weighted by Crippen LogP contribution is 2.39. The van der Waals surface area contributed by atoms with Gasteiger partial charge in [0.15, 0.2) is 5.82 Å². The van der Waals surface area contributed by atoms with E-state index in [0.29, 0.717) is 5.82 Å². The van der Waals surface area contributed by atoms with Crippen LogP contribution >= 0.6 is 0 Å². The van der Waals surface area contributed by atoms with E-state index in [0.717, 1.165) is 89.3 Å². The number of rotatable bonds is 6. The van der Waals surface area contributed by atoms with Gasteiger partial charge in [0.1, 0.15) is 16.9 Å². The average molecular weight is 806 g/mol. The number of nitrogens with zero attached hydrogens (tertiary/aromatic N) is 7. The molecule has 0 saturated carbocycles. The molecule has 7 aromatic carbocycles. The molecule has 7 heteroatoms. The fourth-order valence-corrected chi connectivity index (χ4v) is 9.55. The zero-order chi connectivity index (χ0) is 41.4. The van der Waals surface area contributed by atoms with E-state index < -0.39 is 0 Å². The van der Waals surface area contributed by atoms with Crippen LogP contribution in [0.25, 0.3) is 117 Å². The predicted octanol–water partition coefficient (Wildman–Crippen LogP) is 13.6. The van der Waals surface area contributed by atoms with Crippen molar-refractivity contribution in [3.05, 3.63) is 213 Å². The maximum absolute atomic E-state index is 5.27. The fraction of sp³-hybridized carbons (Fsp3) is 0. The van der Waals surface area contributed by atoms with E-state index in [1.165, 1.54) is 21.5 Å². The molecule has 7 nitrogen and oxygen atoms in total. The van der Waals surface area contributed by atoms with Crippen molar-refractivity contribution >= 4 is 65.7 Å². The lowest BCUT2D eigenvalue weighted by atomic mass is 10.0. The Hall–Kier alpha value is -8.68. The molecule has 0 aliphatic rings. The first-order valence-corrected chi connectivity index (χ1v) is 21.1.